The average Bonchev–Trinajstić information content (AvgIpc) is 2.63. The van der Waals surface area contributed by atoms with Crippen LogP contribution in [0, 0.1) is 0 Å². The van der Waals surface area contributed by atoms with Gasteiger partial charge >= 0.3 is 0 Å². The third-order valence-corrected chi connectivity index (χ3v) is 12.4. The number of hydrogen-bond donors (Lipinski definition) is 1. The Hall–Kier alpha value is -1.04. The maximum absolute atomic E-state index is 6.78. The van der Waals surface area contributed by atoms with Gasteiger partial charge in [0.15, 0.2) is 19.8 Å². The van der Waals surface area contributed by atoms with E-state index in [1.807, 2.05) is 0 Å². The second-order valence-corrected chi connectivity index (χ2v) is 14.1. The summed E-state index contributed by atoms with van der Waals surface area (Å²) in [5.74, 6) is 1.63. The molecule has 0 aliphatic carbocycles. The fourth-order valence-corrected chi connectivity index (χ4v) is 10.6. The summed E-state index contributed by atoms with van der Waals surface area (Å²) in [7, 11) is 1.59. The molecule has 4 nitrogen and oxygen atoms in total. The van der Waals surface area contributed by atoms with Crippen molar-refractivity contribution in [1.82, 2.24) is 5.32 Å². The molecule has 0 aromatic heterocycles. The largest absolute Gasteiger partial charge is 0.493 e. The molecule has 1 aliphatic heterocycles. The third kappa shape index (κ3) is 4.52. The minimum absolute atomic E-state index is 0.312. The maximum atomic E-state index is 6.78. The fraction of sp³-hybridized carbons (Fsp3) is 0.727. The van der Waals surface area contributed by atoms with Crippen molar-refractivity contribution in [2.24, 2.45) is 0 Å². The second-order valence-electron chi connectivity index (χ2n) is 8.62. The van der Waals surface area contributed by atoms with Crippen LogP contribution in [0.4, 0.5) is 0 Å². The minimum Gasteiger partial charge on any atom is -0.493 e. The van der Waals surface area contributed by atoms with E-state index in [1.54, 1.807) is 14.2 Å². The van der Waals surface area contributed by atoms with Crippen molar-refractivity contribution < 1.29 is 13.9 Å². The van der Waals surface area contributed by atoms with Gasteiger partial charge in [-0.25, -0.2) is 0 Å². The third-order valence-electron chi connectivity index (χ3n) is 6.27. The van der Waals surface area contributed by atoms with Gasteiger partial charge in [0.05, 0.1) is 14.2 Å². The molecule has 0 unspecified atom stereocenters. The number of methoxy groups -OCH3 is 2. The first-order chi connectivity index (χ1) is 12.8. The van der Waals surface area contributed by atoms with Crippen molar-refractivity contribution in [2.45, 2.75) is 77.0 Å². The lowest BCUT2D eigenvalue weighted by Gasteiger charge is -2.42. The maximum Gasteiger partial charge on any atom is 0.200 e. The van der Waals surface area contributed by atoms with E-state index in [0.29, 0.717) is 22.7 Å². The van der Waals surface area contributed by atoms with Gasteiger partial charge in [-0.3, -0.25) is 0 Å². The van der Waals surface area contributed by atoms with Crippen LogP contribution in [0.15, 0.2) is 12.1 Å². The number of benzene rings is 1. The van der Waals surface area contributed by atoms with Crippen LogP contribution in [-0.4, -0.2) is 35.7 Å². The minimum atomic E-state index is -1.81. The Bertz CT molecular complexity index is 594. The summed E-state index contributed by atoms with van der Waals surface area (Å²) >= 11 is 0. The van der Waals surface area contributed by atoms with E-state index in [4.69, 9.17) is 13.9 Å². The Labute approximate surface area is 167 Å². The summed E-state index contributed by atoms with van der Waals surface area (Å²) in [4.78, 5) is 0. The molecule has 27 heavy (non-hydrogen) atoms. The predicted molar refractivity (Wildman–Crippen MR) is 116 cm³/mol. The lowest BCUT2D eigenvalue weighted by atomic mass is 9.92. The molecular formula is C22H39NO3Si. The standard InChI is InChI=1S/C22H39NO3Si/c1-15(2)27(16(3)4,17(5)6)26-12-10-20-19-14-22(25-8)21(24-7)13-18(19)9-11-23-20/h13-17,20,23H,9-12H2,1-8H3/t20-/m0/s1. The Morgan fingerprint density at radius 1 is 0.963 bits per heavy atom. The molecular weight excluding hydrogens is 354 g/mol. The number of rotatable bonds is 9. The molecule has 0 radical (unpaired) electrons. The number of nitrogens with one attached hydrogen (secondary N) is 1. The molecule has 0 saturated heterocycles. The van der Waals surface area contributed by atoms with Gasteiger partial charge in [-0.05, 0) is 59.3 Å². The van der Waals surface area contributed by atoms with E-state index in [2.05, 4.69) is 59.0 Å². The number of fused-ring (bicyclic) bond motifs is 1. The summed E-state index contributed by atoms with van der Waals surface area (Å²) in [6.07, 6.45) is 2.01. The van der Waals surface area contributed by atoms with Crippen molar-refractivity contribution in [3.05, 3.63) is 23.3 Å². The fourth-order valence-electron chi connectivity index (χ4n) is 5.08. The summed E-state index contributed by atoms with van der Waals surface area (Å²) in [6, 6.07) is 4.59. The monoisotopic (exact) mass is 393 g/mol. The van der Waals surface area contributed by atoms with Crippen LogP contribution in [0.5, 0.6) is 11.5 Å². The molecule has 5 heteroatoms. The summed E-state index contributed by atoms with van der Waals surface area (Å²) in [5.41, 5.74) is 4.54. The van der Waals surface area contributed by atoms with Crippen molar-refractivity contribution in [3.8, 4) is 11.5 Å². The van der Waals surface area contributed by atoms with E-state index < -0.39 is 8.32 Å². The second kappa shape index (κ2) is 9.44. The van der Waals surface area contributed by atoms with Gasteiger partial charge < -0.3 is 19.2 Å². The first-order valence-corrected chi connectivity index (χ1v) is 12.5. The Balaban J connectivity index is 2.16. The highest BCUT2D eigenvalue weighted by molar-refractivity contribution is 6.77. The van der Waals surface area contributed by atoms with Crippen molar-refractivity contribution in [2.75, 3.05) is 27.4 Å². The van der Waals surface area contributed by atoms with Gasteiger partial charge in [0.25, 0.3) is 0 Å². The van der Waals surface area contributed by atoms with E-state index >= 15 is 0 Å². The molecule has 1 aromatic carbocycles. The SMILES string of the molecule is COc1cc2c(cc1OC)[C@H](CCO[Si](C(C)C)(C(C)C)C(C)C)NCC2. The molecule has 154 valence electrons. The lowest BCUT2D eigenvalue weighted by molar-refractivity contribution is 0.251. The van der Waals surface area contributed by atoms with Crippen LogP contribution in [0.2, 0.25) is 16.6 Å². The average molecular weight is 394 g/mol. The lowest BCUT2D eigenvalue weighted by Crippen LogP contribution is -2.48. The van der Waals surface area contributed by atoms with Gasteiger partial charge in [0.2, 0.25) is 0 Å². The summed E-state index contributed by atoms with van der Waals surface area (Å²) in [5, 5.41) is 3.68. The highest BCUT2D eigenvalue weighted by Crippen LogP contribution is 2.43. The first kappa shape index (κ1) is 22.2. The number of ether oxygens (including phenoxy) is 2. The molecule has 1 aliphatic rings. The zero-order valence-corrected chi connectivity index (χ0v) is 19.5. The molecule has 0 saturated carbocycles. The van der Waals surface area contributed by atoms with Crippen molar-refractivity contribution in [3.63, 3.8) is 0 Å². The van der Waals surface area contributed by atoms with Crippen LogP contribution in [0.1, 0.15) is 65.1 Å². The van der Waals surface area contributed by atoms with Crippen LogP contribution in [0.25, 0.3) is 0 Å². The first-order valence-electron chi connectivity index (χ1n) is 10.4. The van der Waals surface area contributed by atoms with Crippen LogP contribution in [0.3, 0.4) is 0 Å². The van der Waals surface area contributed by atoms with Gasteiger partial charge in [0.1, 0.15) is 0 Å². The smallest absolute Gasteiger partial charge is 0.200 e. The van der Waals surface area contributed by atoms with E-state index in [9.17, 15) is 0 Å². The van der Waals surface area contributed by atoms with Gasteiger partial charge in [-0.15, -0.1) is 0 Å². The molecule has 1 N–H and O–H groups in total. The van der Waals surface area contributed by atoms with E-state index in [-0.39, 0.29) is 0 Å². The molecule has 1 heterocycles. The molecule has 2 rings (SSSR count). The molecule has 0 spiro atoms. The zero-order valence-electron chi connectivity index (χ0n) is 18.5. The molecule has 1 aromatic rings. The van der Waals surface area contributed by atoms with Crippen LogP contribution < -0.4 is 14.8 Å². The Kier molecular flexibility index (Phi) is 7.78. The molecule has 1 atom stereocenters. The predicted octanol–water partition coefficient (Wildman–Crippen LogP) is 5.47. The highest BCUT2D eigenvalue weighted by atomic mass is 28.4. The normalized spacial score (nSPS) is 17.5. The van der Waals surface area contributed by atoms with Crippen LogP contribution >= 0.6 is 0 Å². The van der Waals surface area contributed by atoms with Gasteiger partial charge in [-0.2, -0.15) is 0 Å². The topological polar surface area (TPSA) is 39.7 Å². The van der Waals surface area contributed by atoms with E-state index in [1.165, 1.54) is 11.1 Å². The molecule has 0 bridgehead atoms. The van der Waals surface area contributed by atoms with Crippen molar-refractivity contribution >= 4 is 8.32 Å². The summed E-state index contributed by atoms with van der Waals surface area (Å²) < 4.78 is 17.8. The Morgan fingerprint density at radius 2 is 1.52 bits per heavy atom. The number of hydrogen-bond acceptors (Lipinski definition) is 4. The molecule has 0 fully saturated rings. The zero-order chi connectivity index (χ0) is 20.2. The van der Waals surface area contributed by atoms with Crippen LogP contribution in [-0.2, 0) is 10.8 Å². The van der Waals surface area contributed by atoms with Gasteiger partial charge in [-0.1, -0.05) is 41.5 Å². The Morgan fingerprint density at radius 3 is 2.04 bits per heavy atom. The van der Waals surface area contributed by atoms with E-state index in [0.717, 1.165) is 37.5 Å². The quantitative estimate of drug-likeness (QED) is 0.565. The highest BCUT2D eigenvalue weighted by Gasteiger charge is 2.45. The summed E-state index contributed by atoms with van der Waals surface area (Å²) in [6.45, 7) is 15.9. The van der Waals surface area contributed by atoms with Crippen molar-refractivity contribution in [1.29, 1.82) is 0 Å². The molecule has 0 amide bonds. The van der Waals surface area contributed by atoms with Gasteiger partial charge in [0, 0.05) is 12.6 Å².